The van der Waals surface area contributed by atoms with Gasteiger partial charge >= 0.3 is 0 Å². The zero-order valence-corrected chi connectivity index (χ0v) is 17.0. The average molecular weight is 401 g/mol. The summed E-state index contributed by atoms with van der Waals surface area (Å²) < 4.78 is 10.7. The summed E-state index contributed by atoms with van der Waals surface area (Å²) in [5.74, 6) is -0.000523. The number of thiazole rings is 1. The molecule has 1 aliphatic rings. The normalized spacial score (nSPS) is 15.2. The summed E-state index contributed by atoms with van der Waals surface area (Å²) in [7, 11) is 1.80. The molecular formula is C20H24N4O3S. The summed E-state index contributed by atoms with van der Waals surface area (Å²) in [5.41, 5.74) is 3.43. The number of hydrogen-bond donors (Lipinski definition) is 0. The van der Waals surface area contributed by atoms with E-state index in [0.29, 0.717) is 17.8 Å². The second kappa shape index (κ2) is 8.38. The highest BCUT2D eigenvalue weighted by Gasteiger charge is 2.18. The van der Waals surface area contributed by atoms with Gasteiger partial charge in [0.1, 0.15) is 10.7 Å². The number of benzene rings is 1. The summed E-state index contributed by atoms with van der Waals surface area (Å²) in [6.07, 6.45) is 0.220. The molecule has 0 bridgehead atoms. The molecule has 0 unspecified atom stereocenters. The molecule has 4 rings (SSSR count). The predicted octanol–water partition coefficient (Wildman–Crippen LogP) is 2.63. The van der Waals surface area contributed by atoms with Crippen molar-refractivity contribution in [1.82, 2.24) is 19.9 Å². The van der Waals surface area contributed by atoms with Crippen molar-refractivity contribution in [3.63, 3.8) is 0 Å². The molecule has 1 amide bonds. The van der Waals surface area contributed by atoms with E-state index in [1.807, 2.05) is 30.5 Å². The van der Waals surface area contributed by atoms with Crippen molar-refractivity contribution in [2.75, 3.05) is 33.4 Å². The Morgan fingerprint density at radius 3 is 2.96 bits per heavy atom. The summed E-state index contributed by atoms with van der Waals surface area (Å²) in [6.45, 7) is 6.80. The molecule has 28 heavy (non-hydrogen) atoms. The Hall–Kier alpha value is -2.29. The second-order valence-corrected chi connectivity index (χ2v) is 8.12. The minimum absolute atomic E-state index is 0.000523. The molecule has 0 spiro atoms. The van der Waals surface area contributed by atoms with Gasteiger partial charge in [-0.15, -0.1) is 11.3 Å². The maximum atomic E-state index is 12.7. The first-order valence-electron chi connectivity index (χ1n) is 9.41. The van der Waals surface area contributed by atoms with Gasteiger partial charge in [0.25, 0.3) is 0 Å². The van der Waals surface area contributed by atoms with Crippen LogP contribution >= 0.6 is 11.3 Å². The lowest BCUT2D eigenvalue weighted by Crippen LogP contribution is -2.35. The van der Waals surface area contributed by atoms with Crippen LogP contribution in [0.2, 0.25) is 0 Å². The Kier molecular flexibility index (Phi) is 5.70. The minimum Gasteiger partial charge on any atom is -0.379 e. The van der Waals surface area contributed by atoms with Gasteiger partial charge in [0.15, 0.2) is 5.58 Å². The Bertz CT molecular complexity index is 961. The number of ether oxygens (including phenoxy) is 1. The Labute approximate surface area is 167 Å². The molecule has 1 fully saturated rings. The first kappa shape index (κ1) is 19.0. The van der Waals surface area contributed by atoms with E-state index < -0.39 is 0 Å². The van der Waals surface area contributed by atoms with Gasteiger partial charge in [-0.05, 0) is 19.1 Å². The van der Waals surface area contributed by atoms with E-state index in [9.17, 15) is 4.79 Å². The monoisotopic (exact) mass is 400 g/mol. The number of morpholine rings is 1. The van der Waals surface area contributed by atoms with E-state index in [2.05, 4.69) is 10.1 Å². The standard InChI is InChI=1S/C20H24N4O3S/c1-14-3-4-18-16(9-14)17(22-27-18)10-20(25)23(2)11-15-13-28-19(21-15)12-24-5-7-26-8-6-24/h3-4,9,13H,5-8,10-12H2,1-2H3. The lowest BCUT2D eigenvalue weighted by Gasteiger charge is -2.25. The number of carbonyl (C=O) groups is 1. The van der Waals surface area contributed by atoms with Crippen LogP contribution < -0.4 is 0 Å². The van der Waals surface area contributed by atoms with Gasteiger partial charge in [-0.1, -0.05) is 16.8 Å². The Morgan fingerprint density at radius 2 is 2.14 bits per heavy atom. The van der Waals surface area contributed by atoms with Crippen molar-refractivity contribution in [3.05, 3.63) is 45.5 Å². The molecule has 1 aliphatic heterocycles. The van der Waals surface area contributed by atoms with E-state index in [-0.39, 0.29) is 12.3 Å². The maximum absolute atomic E-state index is 12.7. The van der Waals surface area contributed by atoms with Gasteiger partial charge in [-0.3, -0.25) is 9.69 Å². The van der Waals surface area contributed by atoms with Crippen molar-refractivity contribution < 1.29 is 14.1 Å². The van der Waals surface area contributed by atoms with Crippen LogP contribution in [0.3, 0.4) is 0 Å². The first-order valence-corrected chi connectivity index (χ1v) is 10.3. The highest BCUT2D eigenvalue weighted by atomic mass is 32.1. The third-order valence-electron chi connectivity index (χ3n) is 4.91. The highest BCUT2D eigenvalue weighted by Crippen LogP contribution is 2.21. The van der Waals surface area contributed by atoms with Crippen molar-refractivity contribution in [1.29, 1.82) is 0 Å². The van der Waals surface area contributed by atoms with Gasteiger partial charge in [-0.25, -0.2) is 4.98 Å². The first-order chi connectivity index (χ1) is 13.6. The number of aromatic nitrogens is 2. The zero-order valence-electron chi connectivity index (χ0n) is 16.2. The van der Waals surface area contributed by atoms with Crippen LogP contribution in [0.4, 0.5) is 0 Å². The number of nitrogens with zero attached hydrogens (tertiary/aromatic N) is 4. The second-order valence-electron chi connectivity index (χ2n) is 7.18. The molecule has 0 saturated carbocycles. The number of carbonyl (C=O) groups excluding carboxylic acids is 1. The molecule has 2 aromatic heterocycles. The molecular weight excluding hydrogens is 376 g/mol. The van der Waals surface area contributed by atoms with Crippen LogP contribution in [0.25, 0.3) is 11.0 Å². The van der Waals surface area contributed by atoms with Crippen LogP contribution in [0, 0.1) is 6.92 Å². The number of amides is 1. The fourth-order valence-corrected chi connectivity index (χ4v) is 4.11. The Morgan fingerprint density at radius 1 is 1.32 bits per heavy atom. The molecule has 1 aromatic carbocycles. The third-order valence-corrected chi connectivity index (χ3v) is 5.79. The van der Waals surface area contributed by atoms with Gasteiger partial charge in [0, 0.05) is 30.9 Å². The number of aryl methyl sites for hydroxylation is 1. The van der Waals surface area contributed by atoms with Crippen LogP contribution in [0.1, 0.15) is 22.0 Å². The quantitative estimate of drug-likeness (QED) is 0.633. The maximum Gasteiger partial charge on any atom is 0.228 e. The fourth-order valence-electron chi connectivity index (χ4n) is 3.28. The zero-order chi connectivity index (χ0) is 19.5. The smallest absolute Gasteiger partial charge is 0.228 e. The summed E-state index contributed by atoms with van der Waals surface area (Å²) in [6, 6.07) is 5.87. The van der Waals surface area contributed by atoms with E-state index >= 15 is 0 Å². The van der Waals surface area contributed by atoms with Crippen LogP contribution in [-0.4, -0.2) is 59.2 Å². The highest BCUT2D eigenvalue weighted by molar-refractivity contribution is 7.09. The molecule has 3 heterocycles. The Balaban J connectivity index is 1.35. The lowest BCUT2D eigenvalue weighted by molar-refractivity contribution is -0.129. The van der Waals surface area contributed by atoms with Crippen LogP contribution in [0.5, 0.6) is 0 Å². The van der Waals surface area contributed by atoms with Gasteiger partial charge < -0.3 is 14.2 Å². The number of hydrogen-bond acceptors (Lipinski definition) is 7. The van der Waals surface area contributed by atoms with E-state index in [1.54, 1.807) is 23.3 Å². The van der Waals surface area contributed by atoms with Crippen molar-refractivity contribution in [3.8, 4) is 0 Å². The van der Waals surface area contributed by atoms with Crippen molar-refractivity contribution in [2.45, 2.75) is 26.4 Å². The molecule has 8 heteroatoms. The van der Waals surface area contributed by atoms with Crippen molar-refractivity contribution >= 4 is 28.2 Å². The molecule has 1 saturated heterocycles. The molecule has 0 aliphatic carbocycles. The van der Waals surface area contributed by atoms with E-state index in [0.717, 1.165) is 54.5 Å². The van der Waals surface area contributed by atoms with Crippen LogP contribution in [-0.2, 0) is 29.0 Å². The molecule has 3 aromatic rings. The fraction of sp³-hybridized carbons (Fsp3) is 0.450. The largest absolute Gasteiger partial charge is 0.379 e. The van der Waals surface area contributed by atoms with Crippen LogP contribution in [0.15, 0.2) is 28.1 Å². The number of rotatable bonds is 6. The van der Waals surface area contributed by atoms with E-state index in [1.165, 1.54) is 0 Å². The SMILES string of the molecule is Cc1ccc2onc(CC(=O)N(C)Cc3csc(CN4CCOCC4)n3)c2c1. The molecule has 148 valence electrons. The predicted molar refractivity (Wildman–Crippen MR) is 107 cm³/mol. The number of likely N-dealkylation sites (N-methyl/N-ethyl adjacent to an activating group) is 1. The summed E-state index contributed by atoms with van der Waals surface area (Å²) in [5, 5.41) is 8.10. The third kappa shape index (κ3) is 4.40. The average Bonchev–Trinajstić information content (AvgIpc) is 3.29. The van der Waals surface area contributed by atoms with Gasteiger partial charge in [-0.2, -0.15) is 0 Å². The molecule has 0 N–H and O–H groups in total. The summed E-state index contributed by atoms with van der Waals surface area (Å²) >= 11 is 1.65. The summed E-state index contributed by atoms with van der Waals surface area (Å²) in [4.78, 5) is 21.4. The van der Waals surface area contributed by atoms with E-state index in [4.69, 9.17) is 14.2 Å². The van der Waals surface area contributed by atoms with Gasteiger partial charge in [0.05, 0.1) is 38.4 Å². The topological polar surface area (TPSA) is 71.7 Å². The minimum atomic E-state index is -0.000523. The lowest BCUT2D eigenvalue weighted by atomic mass is 10.1. The molecule has 0 radical (unpaired) electrons. The van der Waals surface area contributed by atoms with Crippen molar-refractivity contribution in [2.24, 2.45) is 0 Å². The number of fused-ring (bicyclic) bond motifs is 1. The van der Waals surface area contributed by atoms with Gasteiger partial charge in [0.2, 0.25) is 5.91 Å². The molecule has 7 nitrogen and oxygen atoms in total. The molecule has 0 atom stereocenters.